The highest BCUT2D eigenvalue weighted by Crippen LogP contribution is 2.36. The summed E-state index contributed by atoms with van der Waals surface area (Å²) < 4.78 is 32.5. The van der Waals surface area contributed by atoms with Crippen LogP contribution in [0.3, 0.4) is 0 Å². The summed E-state index contributed by atoms with van der Waals surface area (Å²) in [4.78, 5) is 0. The minimum Gasteiger partial charge on any atom is -0.493 e. The number of methoxy groups -OCH3 is 1. The molecule has 0 unspecified atom stereocenters. The molecule has 0 aliphatic rings. The Balaban J connectivity index is 2.87. The quantitative estimate of drug-likeness (QED) is 0.853. The second kappa shape index (κ2) is 6.26. The molecule has 1 aromatic carbocycles. The fourth-order valence-corrected chi connectivity index (χ4v) is 2.00. The highest BCUT2D eigenvalue weighted by Gasteiger charge is 2.12. The first-order valence-electron chi connectivity index (χ1n) is 5.24. The van der Waals surface area contributed by atoms with Crippen LogP contribution in [-0.2, 0) is 16.4 Å². The first-order chi connectivity index (χ1) is 8.37. The molecule has 18 heavy (non-hydrogen) atoms. The van der Waals surface area contributed by atoms with Crippen molar-refractivity contribution >= 4 is 21.4 Å². The maximum absolute atomic E-state index is 11.0. The predicted octanol–water partition coefficient (Wildman–Crippen LogP) is 1.23. The van der Waals surface area contributed by atoms with Crippen LogP contribution < -0.4 is 15.2 Å². The van der Waals surface area contributed by atoms with Crippen LogP contribution in [0.15, 0.2) is 12.1 Å². The van der Waals surface area contributed by atoms with Crippen molar-refractivity contribution in [2.45, 2.75) is 6.54 Å². The molecule has 2 N–H and O–H groups in total. The molecule has 0 amide bonds. The third-order valence-corrected chi connectivity index (χ3v) is 3.41. The van der Waals surface area contributed by atoms with Gasteiger partial charge >= 0.3 is 0 Å². The molecule has 102 valence electrons. The van der Waals surface area contributed by atoms with Gasteiger partial charge in [0.15, 0.2) is 21.3 Å². The van der Waals surface area contributed by atoms with E-state index in [1.54, 1.807) is 12.1 Å². The molecule has 0 aliphatic carbocycles. The number of nitrogens with two attached hydrogens (primary N) is 1. The molecule has 0 atom stereocenters. The molecule has 0 spiro atoms. The lowest BCUT2D eigenvalue weighted by Gasteiger charge is -2.13. The summed E-state index contributed by atoms with van der Waals surface area (Å²) in [5.41, 5.74) is 6.33. The van der Waals surface area contributed by atoms with E-state index in [9.17, 15) is 8.42 Å². The minimum atomic E-state index is -3.07. The van der Waals surface area contributed by atoms with Crippen LogP contribution in [-0.4, -0.2) is 34.1 Å². The Morgan fingerprint density at radius 1 is 1.39 bits per heavy atom. The molecule has 1 aromatic rings. The molecule has 7 heteroatoms. The number of sulfone groups is 1. The fourth-order valence-electron chi connectivity index (χ4n) is 1.33. The molecular formula is C11H16ClNO4S. The second-order valence-corrected chi connectivity index (χ2v) is 6.46. The van der Waals surface area contributed by atoms with Crippen molar-refractivity contribution in [2.75, 3.05) is 25.7 Å². The largest absolute Gasteiger partial charge is 0.493 e. The van der Waals surface area contributed by atoms with E-state index in [1.807, 2.05) is 0 Å². The highest BCUT2D eigenvalue weighted by molar-refractivity contribution is 7.90. The van der Waals surface area contributed by atoms with Gasteiger partial charge in [0, 0.05) is 12.8 Å². The topological polar surface area (TPSA) is 78.6 Å². The van der Waals surface area contributed by atoms with Crippen molar-refractivity contribution in [3.05, 3.63) is 22.7 Å². The lowest BCUT2D eigenvalue weighted by molar-refractivity contribution is 0.311. The minimum absolute atomic E-state index is 0.0247. The summed E-state index contributed by atoms with van der Waals surface area (Å²) in [6, 6.07) is 3.38. The van der Waals surface area contributed by atoms with E-state index < -0.39 is 9.84 Å². The zero-order valence-electron chi connectivity index (χ0n) is 10.3. The van der Waals surface area contributed by atoms with Crippen molar-refractivity contribution < 1.29 is 17.9 Å². The van der Waals surface area contributed by atoms with E-state index in [4.69, 9.17) is 26.8 Å². The second-order valence-electron chi connectivity index (χ2n) is 3.79. The van der Waals surface area contributed by atoms with E-state index in [1.165, 1.54) is 7.11 Å². The summed E-state index contributed by atoms with van der Waals surface area (Å²) in [6.45, 7) is 0.358. The van der Waals surface area contributed by atoms with Crippen LogP contribution in [0.2, 0.25) is 5.02 Å². The summed E-state index contributed by atoms with van der Waals surface area (Å²) in [5.74, 6) is 0.696. The van der Waals surface area contributed by atoms with E-state index in [-0.39, 0.29) is 12.4 Å². The monoisotopic (exact) mass is 293 g/mol. The first kappa shape index (κ1) is 15.1. The van der Waals surface area contributed by atoms with Crippen LogP contribution in [0.4, 0.5) is 0 Å². The van der Waals surface area contributed by atoms with Crippen molar-refractivity contribution in [1.82, 2.24) is 0 Å². The van der Waals surface area contributed by atoms with E-state index in [2.05, 4.69) is 0 Å². The Morgan fingerprint density at radius 2 is 2.06 bits per heavy atom. The molecule has 0 aromatic heterocycles. The maximum atomic E-state index is 11.0. The fraction of sp³-hybridized carbons (Fsp3) is 0.455. The van der Waals surface area contributed by atoms with Crippen LogP contribution in [0.5, 0.6) is 11.5 Å². The van der Waals surface area contributed by atoms with Gasteiger partial charge in [-0.15, -0.1) is 0 Å². The first-order valence-corrected chi connectivity index (χ1v) is 7.68. The number of hydrogen-bond donors (Lipinski definition) is 1. The molecule has 0 bridgehead atoms. The van der Waals surface area contributed by atoms with Crippen LogP contribution in [0, 0.1) is 0 Å². The van der Waals surface area contributed by atoms with Crippen LogP contribution >= 0.6 is 11.6 Å². The summed E-state index contributed by atoms with van der Waals surface area (Å²) in [7, 11) is -1.59. The third kappa shape index (κ3) is 4.36. The van der Waals surface area contributed by atoms with Crippen molar-refractivity contribution in [2.24, 2.45) is 5.73 Å². The summed E-state index contributed by atoms with van der Waals surface area (Å²) in [5, 5.41) is 0.350. The molecule has 0 fully saturated rings. The molecule has 0 radical (unpaired) electrons. The molecular weight excluding hydrogens is 278 g/mol. The van der Waals surface area contributed by atoms with E-state index in [0.29, 0.717) is 23.1 Å². The third-order valence-electron chi connectivity index (χ3n) is 2.23. The van der Waals surface area contributed by atoms with Gasteiger partial charge in [-0.2, -0.15) is 0 Å². The molecule has 0 heterocycles. The molecule has 0 saturated heterocycles. The van der Waals surface area contributed by atoms with E-state index >= 15 is 0 Å². The number of rotatable bonds is 6. The molecule has 5 nitrogen and oxygen atoms in total. The van der Waals surface area contributed by atoms with E-state index in [0.717, 1.165) is 11.8 Å². The molecule has 0 saturated carbocycles. The van der Waals surface area contributed by atoms with Crippen LogP contribution in [0.1, 0.15) is 5.56 Å². The zero-order chi connectivity index (χ0) is 13.8. The van der Waals surface area contributed by atoms with Gasteiger partial charge in [-0.3, -0.25) is 0 Å². The SMILES string of the molecule is COc1cc(CN)cc(Cl)c1OCCS(C)(=O)=O. The Bertz CT molecular complexity index is 516. The van der Waals surface area contributed by atoms with Gasteiger partial charge in [0.1, 0.15) is 6.61 Å². The Labute approximate surface area is 112 Å². The Hall–Kier alpha value is -0.980. The van der Waals surface area contributed by atoms with Crippen molar-refractivity contribution in [1.29, 1.82) is 0 Å². The number of halogens is 1. The lowest BCUT2D eigenvalue weighted by atomic mass is 10.2. The van der Waals surface area contributed by atoms with Crippen molar-refractivity contribution in [3.8, 4) is 11.5 Å². The highest BCUT2D eigenvalue weighted by atomic mass is 35.5. The van der Waals surface area contributed by atoms with Gasteiger partial charge < -0.3 is 15.2 Å². The normalized spacial score (nSPS) is 11.3. The average molecular weight is 294 g/mol. The van der Waals surface area contributed by atoms with Crippen molar-refractivity contribution in [3.63, 3.8) is 0 Å². The van der Waals surface area contributed by atoms with Gasteiger partial charge in [-0.1, -0.05) is 11.6 Å². The Kier molecular flexibility index (Phi) is 5.25. The van der Waals surface area contributed by atoms with Gasteiger partial charge in [0.25, 0.3) is 0 Å². The summed E-state index contributed by atoms with van der Waals surface area (Å²) in [6.07, 6.45) is 1.15. The Morgan fingerprint density at radius 3 is 2.56 bits per heavy atom. The number of ether oxygens (including phenoxy) is 2. The van der Waals surface area contributed by atoms with Gasteiger partial charge in [0.05, 0.1) is 17.9 Å². The van der Waals surface area contributed by atoms with Gasteiger partial charge in [0.2, 0.25) is 0 Å². The summed E-state index contributed by atoms with van der Waals surface area (Å²) >= 11 is 6.03. The van der Waals surface area contributed by atoms with Gasteiger partial charge in [-0.05, 0) is 17.7 Å². The average Bonchev–Trinajstić information content (AvgIpc) is 2.29. The smallest absolute Gasteiger partial charge is 0.179 e. The zero-order valence-corrected chi connectivity index (χ0v) is 11.8. The number of hydrogen-bond acceptors (Lipinski definition) is 5. The predicted molar refractivity (Wildman–Crippen MR) is 71.1 cm³/mol. The molecule has 1 rings (SSSR count). The number of benzene rings is 1. The molecule has 0 aliphatic heterocycles. The lowest BCUT2D eigenvalue weighted by Crippen LogP contribution is -2.12. The standard InChI is InChI=1S/C11H16ClNO4S/c1-16-10-6-8(7-13)5-9(12)11(10)17-3-4-18(2,14)15/h5-6H,3-4,7,13H2,1-2H3. The van der Waals surface area contributed by atoms with Gasteiger partial charge in [-0.25, -0.2) is 8.42 Å². The maximum Gasteiger partial charge on any atom is 0.179 e. The van der Waals surface area contributed by atoms with Crippen LogP contribution in [0.25, 0.3) is 0 Å².